The predicted octanol–water partition coefficient (Wildman–Crippen LogP) is 1.12. The third-order valence-electron chi connectivity index (χ3n) is 3.56. The van der Waals surface area contributed by atoms with Crippen LogP contribution in [0.25, 0.3) is 0 Å². The van der Waals surface area contributed by atoms with Crippen molar-refractivity contribution in [1.82, 2.24) is 4.90 Å². The van der Waals surface area contributed by atoms with Crippen LogP contribution in [-0.2, 0) is 4.79 Å². The highest BCUT2D eigenvalue weighted by atomic mass is 16.7. The third kappa shape index (κ3) is 2.16. The van der Waals surface area contributed by atoms with E-state index in [1.54, 1.807) is 0 Å². The number of likely N-dealkylation sites (N-methyl/N-ethyl adjacent to an activating group) is 1. The van der Waals surface area contributed by atoms with Crippen molar-refractivity contribution >= 4 is 17.3 Å². The van der Waals surface area contributed by atoms with Gasteiger partial charge in [-0.25, -0.2) is 0 Å². The molecule has 1 aromatic rings. The highest BCUT2D eigenvalue weighted by Gasteiger charge is 2.31. The molecule has 3 rings (SSSR count). The zero-order valence-corrected chi connectivity index (χ0v) is 12.0. The van der Waals surface area contributed by atoms with Gasteiger partial charge in [0.15, 0.2) is 11.5 Å². The van der Waals surface area contributed by atoms with Gasteiger partial charge in [-0.1, -0.05) is 0 Å². The fourth-order valence-electron chi connectivity index (χ4n) is 2.45. The summed E-state index contributed by atoms with van der Waals surface area (Å²) in [5.41, 5.74) is 1.78. The Morgan fingerprint density at radius 1 is 1.35 bits per heavy atom. The van der Waals surface area contributed by atoms with Crippen LogP contribution in [0.1, 0.15) is 6.92 Å². The lowest BCUT2D eigenvalue weighted by molar-refractivity contribution is -0.119. The lowest BCUT2D eigenvalue weighted by Gasteiger charge is -2.34. The van der Waals surface area contributed by atoms with E-state index >= 15 is 0 Å². The number of ether oxygens (including phenoxy) is 2. The summed E-state index contributed by atoms with van der Waals surface area (Å²) in [7, 11) is 3.99. The van der Waals surface area contributed by atoms with Crippen molar-refractivity contribution in [2.75, 3.05) is 44.2 Å². The highest BCUT2D eigenvalue weighted by Crippen LogP contribution is 2.43. The molecule has 1 atom stereocenters. The van der Waals surface area contributed by atoms with Crippen LogP contribution in [0.3, 0.4) is 0 Å². The summed E-state index contributed by atoms with van der Waals surface area (Å²) in [6, 6.07) is 3.55. The number of carbonyl (C=O) groups excluding carboxylic acids is 1. The Balaban J connectivity index is 1.96. The maximum absolute atomic E-state index is 12.4. The Labute approximate surface area is 118 Å². The SMILES string of the molecule is CC1Nc2cc3c(cc2N(CCN(C)C)C1=O)OCO3. The van der Waals surface area contributed by atoms with Gasteiger partial charge >= 0.3 is 0 Å². The first-order valence-corrected chi connectivity index (χ1v) is 6.72. The monoisotopic (exact) mass is 277 g/mol. The molecular weight excluding hydrogens is 258 g/mol. The molecule has 0 saturated heterocycles. The smallest absolute Gasteiger partial charge is 0.249 e. The first-order valence-electron chi connectivity index (χ1n) is 6.72. The lowest BCUT2D eigenvalue weighted by atomic mass is 10.1. The van der Waals surface area contributed by atoms with Crippen molar-refractivity contribution in [3.05, 3.63) is 12.1 Å². The van der Waals surface area contributed by atoms with Crippen molar-refractivity contribution in [3.8, 4) is 11.5 Å². The maximum atomic E-state index is 12.4. The summed E-state index contributed by atoms with van der Waals surface area (Å²) < 4.78 is 10.8. The number of rotatable bonds is 3. The van der Waals surface area contributed by atoms with Crippen LogP contribution in [0.15, 0.2) is 12.1 Å². The largest absolute Gasteiger partial charge is 0.454 e. The van der Waals surface area contributed by atoms with Crippen LogP contribution in [0.4, 0.5) is 11.4 Å². The molecule has 0 bridgehead atoms. The molecule has 2 aliphatic heterocycles. The van der Waals surface area contributed by atoms with Crippen LogP contribution >= 0.6 is 0 Å². The average Bonchev–Trinajstić information content (AvgIpc) is 2.84. The van der Waals surface area contributed by atoms with Gasteiger partial charge in [-0.05, 0) is 21.0 Å². The fourth-order valence-corrected chi connectivity index (χ4v) is 2.45. The minimum Gasteiger partial charge on any atom is -0.454 e. The second kappa shape index (κ2) is 4.86. The molecule has 108 valence electrons. The summed E-state index contributed by atoms with van der Waals surface area (Å²) in [5.74, 6) is 1.51. The molecule has 2 heterocycles. The van der Waals surface area contributed by atoms with Gasteiger partial charge in [0.1, 0.15) is 6.04 Å². The van der Waals surface area contributed by atoms with Gasteiger partial charge in [0.2, 0.25) is 12.7 Å². The number of benzene rings is 1. The molecule has 6 heteroatoms. The normalized spacial score (nSPS) is 20.1. The highest BCUT2D eigenvalue weighted by molar-refractivity contribution is 6.05. The summed E-state index contributed by atoms with van der Waals surface area (Å²) in [6.45, 7) is 3.58. The van der Waals surface area contributed by atoms with Crippen molar-refractivity contribution in [2.24, 2.45) is 0 Å². The van der Waals surface area contributed by atoms with Crippen LogP contribution < -0.4 is 19.7 Å². The van der Waals surface area contributed by atoms with Crippen LogP contribution in [0.2, 0.25) is 0 Å². The average molecular weight is 277 g/mol. The van der Waals surface area contributed by atoms with Crippen LogP contribution in [-0.4, -0.2) is 50.8 Å². The first kappa shape index (κ1) is 13.1. The molecule has 1 amide bonds. The summed E-state index contributed by atoms with van der Waals surface area (Å²) in [5, 5.41) is 3.22. The number of carbonyl (C=O) groups is 1. The van der Waals surface area contributed by atoms with E-state index in [1.807, 2.05) is 38.1 Å². The number of anilines is 2. The predicted molar refractivity (Wildman–Crippen MR) is 76.6 cm³/mol. The number of nitrogens with zero attached hydrogens (tertiary/aromatic N) is 2. The van der Waals surface area contributed by atoms with E-state index < -0.39 is 0 Å². The molecule has 0 aliphatic carbocycles. The molecule has 1 N–H and O–H groups in total. The Morgan fingerprint density at radius 3 is 2.75 bits per heavy atom. The van der Waals surface area contributed by atoms with Crippen LogP contribution in [0.5, 0.6) is 11.5 Å². The fraction of sp³-hybridized carbons (Fsp3) is 0.500. The van der Waals surface area contributed by atoms with E-state index in [0.29, 0.717) is 12.3 Å². The molecule has 0 radical (unpaired) electrons. The van der Waals surface area contributed by atoms with E-state index in [0.717, 1.165) is 23.7 Å². The molecule has 0 saturated carbocycles. The number of hydrogen-bond acceptors (Lipinski definition) is 5. The van der Waals surface area contributed by atoms with Gasteiger partial charge in [0.25, 0.3) is 0 Å². The molecule has 20 heavy (non-hydrogen) atoms. The molecule has 0 spiro atoms. The molecular formula is C14H19N3O3. The zero-order chi connectivity index (χ0) is 14.3. The molecule has 1 unspecified atom stereocenters. The second-order valence-electron chi connectivity index (χ2n) is 5.38. The van der Waals surface area contributed by atoms with Gasteiger partial charge in [0, 0.05) is 25.2 Å². The second-order valence-corrected chi connectivity index (χ2v) is 5.38. The van der Waals surface area contributed by atoms with Crippen molar-refractivity contribution in [1.29, 1.82) is 0 Å². The number of hydrogen-bond donors (Lipinski definition) is 1. The van der Waals surface area contributed by atoms with Gasteiger partial charge in [-0.3, -0.25) is 4.79 Å². The minimum absolute atomic E-state index is 0.0817. The Bertz CT molecular complexity index is 545. The molecule has 0 fully saturated rings. The van der Waals surface area contributed by atoms with E-state index in [2.05, 4.69) is 10.2 Å². The van der Waals surface area contributed by atoms with Crippen molar-refractivity contribution in [2.45, 2.75) is 13.0 Å². The number of nitrogens with one attached hydrogen (secondary N) is 1. The van der Waals surface area contributed by atoms with Crippen molar-refractivity contribution < 1.29 is 14.3 Å². The topological polar surface area (TPSA) is 54.0 Å². The van der Waals surface area contributed by atoms with E-state index in [9.17, 15) is 4.79 Å². The maximum Gasteiger partial charge on any atom is 0.249 e. The van der Waals surface area contributed by atoms with E-state index in [-0.39, 0.29) is 18.7 Å². The zero-order valence-electron chi connectivity index (χ0n) is 12.0. The number of fused-ring (bicyclic) bond motifs is 2. The van der Waals surface area contributed by atoms with Gasteiger partial charge in [-0.2, -0.15) is 0 Å². The summed E-state index contributed by atoms with van der Waals surface area (Å²) in [6.07, 6.45) is 0. The molecule has 1 aromatic carbocycles. The Kier molecular flexibility index (Phi) is 3.17. The molecule has 6 nitrogen and oxygen atoms in total. The minimum atomic E-state index is -0.231. The Morgan fingerprint density at radius 2 is 2.05 bits per heavy atom. The lowest BCUT2D eigenvalue weighted by Crippen LogP contribution is -2.47. The first-order chi connectivity index (χ1) is 9.56. The Hall–Kier alpha value is -1.95. The van der Waals surface area contributed by atoms with Crippen molar-refractivity contribution in [3.63, 3.8) is 0 Å². The van der Waals surface area contributed by atoms with Crippen LogP contribution in [0, 0.1) is 0 Å². The van der Waals surface area contributed by atoms with E-state index in [4.69, 9.17) is 9.47 Å². The quantitative estimate of drug-likeness (QED) is 0.897. The summed E-state index contributed by atoms with van der Waals surface area (Å²) in [4.78, 5) is 16.3. The van der Waals surface area contributed by atoms with Gasteiger partial charge < -0.3 is 24.6 Å². The number of amides is 1. The third-order valence-corrected chi connectivity index (χ3v) is 3.56. The van der Waals surface area contributed by atoms with Gasteiger partial charge in [-0.15, -0.1) is 0 Å². The molecule has 2 aliphatic rings. The standard InChI is InChI=1S/C14H19N3O3/c1-9-14(18)17(5-4-16(2)3)11-7-13-12(19-8-20-13)6-10(11)15-9/h6-7,9,15H,4-5,8H2,1-3H3. The van der Waals surface area contributed by atoms with E-state index in [1.165, 1.54) is 0 Å². The van der Waals surface area contributed by atoms with Gasteiger partial charge in [0.05, 0.1) is 11.4 Å². The summed E-state index contributed by atoms with van der Waals surface area (Å²) >= 11 is 0. The molecule has 0 aromatic heterocycles.